The van der Waals surface area contributed by atoms with Crippen LogP contribution in [0, 0.1) is 19.8 Å². The fourth-order valence-corrected chi connectivity index (χ4v) is 4.66. The zero-order valence-electron chi connectivity index (χ0n) is 17.9. The first-order valence-electron chi connectivity index (χ1n) is 11.3. The molecule has 0 aliphatic heterocycles. The van der Waals surface area contributed by atoms with Gasteiger partial charge in [0.05, 0.1) is 22.8 Å². The van der Waals surface area contributed by atoms with E-state index in [1.165, 1.54) is 51.5 Å². The number of benzene rings is 1. The van der Waals surface area contributed by atoms with E-state index in [9.17, 15) is 4.79 Å². The van der Waals surface area contributed by atoms with Crippen molar-refractivity contribution in [1.82, 2.24) is 14.7 Å². The average molecular weight is 395 g/mol. The van der Waals surface area contributed by atoms with Gasteiger partial charge in [0.2, 0.25) is 5.91 Å². The zero-order chi connectivity index (χ0) is 20.2. The van der Waals surface area contributed by atoms with Gasteiger partial charge in [-0.3, -0.25) is 9.69 Å². The van der Waals surface area contributed by atoms with Gasteiger partial charge in [-0.1, -0.05) is 37.5 Å². The van der Waals surface area contributed by atoms with Crippen LogP contribution >= 0.6 is 0 Å². The molecule has 29 heavy (non-hydrogen) atoms. The van der Waals surface area contributed by atoms with Gasteiger partial charge in [-0.05, 0) is 57.6 Å². The molecule has 2 aromatic rings. The van der Waals surface area contributed by atoms with Crippen LogP contribution in [0.15, 0.2) is 30.3 Å². The number of para-hydroxylation sites is 1. The summed E-state index contributed by atoms with van der Waals surface area (Å²) in [4.78, 5) is 15.3. The molecule has 4 rings (SSSR count). The summed E-state index contributed by atoms with van der Waals surface area (Å²) < 4.78 is 1.91. The molecule has 2 saturated carbocycles. The molecule has 0 atom stereocenters. The number of nitrogens with one attached hydrogen (secondary N) is 1. The van der Waals surface area contributed by atoms with Gasteiger partial charge in [0, 0.05) is 25.6 Å². The van der Waals surface area contributed by atoms with Gasteiger partial charge in [-0.25, -0.2) is 4.68 Å². The zero-order valence-corrected chi connectivity index (χ0v) is 17.9. The standard InChI is InChI=1S/C24H34N4O/c1-18-24(19(2)28(26-18)22-11-7-4-8-12-22)25-23(29)15-16-27(21-13-14-21)17-20-9-5-3-6-10-20/h4,7-8,11-12,20-21H,3,5-6,9-10,13-17H2,1-2H3,(H,25,29). The second kappa shape index (κ2) is 9.12. The van der Waals surface area contributed by atoms with E-state index in [1.807, 2.05) is 48.9 Å². The van der Waals surface area contributed by atoms with E-state index in [0.29, 0.717) is 12.5 Å². The van der Waals surface area contributed by atoms with E-state index < -0.39 is 0 Å². The van der Waals surface area contributed by atoms with Crippen LogP contribution in [0.25, 0.3) is 5.69 Å². The third kappa shape index (κ3) is 5.08. The van der Waals surface area contributed by atoms with Crippen molar-refractivity contribution < 1.29 is 4.79 Å². The normalized spacial score (nSPS) is 17.6. The molecule has 2 aliphatic rings. The Morgan fingerprint density at radius 2 is 1.83 bits per heavy atom. The number of carbonyl (C=O) groups excluding carboxylic acids is 1. The van der Waals surface area contributed by atoms with E-state index >= 15 is 0 Å². The Kier molecular flexibility index (Phi) is 6.34. The molecule has 1 aromatic heterocycles. The summed E-state index contributed by atoms with van der Waals surface area (Å²) in [6.07, 6.45) is 10.1. The third-order valence-electron chi connectivity index (χ3n) is 6.46. The smallest absolute Gasteiger partial charge is 0.225 e. The number of anilines is 1. The Labute approximate surface area is 174 Å². The highest BCUT2D eigenvalue weighted by atomic mass is 16.1. The van der Waals surface area contributed by atoms with E-state index in [0.717, 1.165) is 35.2 Å². The largest absolute Gasteiger partial charge is 0.323 e. The first-order chi connectivity index (χ1) is 14.1. The molecule has 1 aromatic carbocycles. The molecule has 5 nitrogen and oxygen atoms in total. The van der Waals surface area contributed by atoms with Gasteiger partial charge < -0.3 is 5.32 Å². The van der Waals surface area contributed by atoms with Gasteiger partial charge in [0.15, 0.2) is 0 Å². The number of rotatable bonds is 8. The molecule has 0 spiro atoms. The van der Waals surface area contributed by atoms with E-state index in [2.05, 4.69) is 15.3 Å². The molecule has 2 aliphatic carbocycles. The third-order valence-corrected chi connectivity index (χ3v) is 6.46. The molecule has 2 fully saturated rings. The molecule has 0 radical (unpaired) electrons. The summed E-state index contributed by atoms with van der Waals surface area (Å²) in [5.41, 5.74) is 3.70. The predicted octanol–water partition coefficient (Wildman–Crippen LogP) is 4.86. The van der Waals surface area contributed by atoms with Crippen molar-refractivity contribution in [3.05, 3.63) is 41.7 Å². The first-order valence-corrected chi connectivity index (χ1v) is 11.3. The molecular weight excluding hydrogens is 360 g/mol. The molecule has 0 saturated heterocycles. The number of hydrogen-bond donors (Lipinski definition) is 1. The van der Waals surface area contributed by atoms with Crippen molar-refractivity contribution in [2.45, 2.75) is 71.3 Å². The summed E-state index contributed by atoms with van der Waals surface area (Å²) in [5, 5.41) is 7.77. The summed E-state index contributed by atoms with van der Waals surface area (Å²) in [6.45, 7) is 6.03. The molecule has 156 valence electrons. The lowest BCUT2D eigenvalue weighted by Gasteiger charge is -2.29. The molecule has 1 heterocycles. The quantitative estimate of drug-likeness (QED) is 0.695. The number of nitrogens with zero attached hydrogens (tertiary/aromatic N) is 3. The summed E-state index contributed by atoms with van der Waals surface area (Å²) in [6, 6.07) is 10.8. The maximum atomic E-state index is 12.7. The highest BCUT2D eigenvalue weighted by Crippen LogP contribution is 2.31. The van der Waals surface area contributed by atoms with Crippen molar-refractivity contribution in [3.8, 4) is 5.69 Å². The minimum atomic E-state index is 0.0955. The van der Waals surface area contributed by atoms with Gasteiger partial charge in [0.25, 0.3) is 0 Å². The number of carbonyl (C=O) groups is 1. The SMILES string of the molecule is Cc1nn(-c2ccccc2)c(C)c1NC(=O)CCN(CC1CCCCC1)C1CC1. The minimum Gasteiger partial charge on any atom is -0.323 e. The molecular formula is C24H34N4O. The minimum absolute atomic E-state index is 0.0955. The van der Waals surface area contributed by atoms with Crippen LogP contribution in [0.3, 0.4) is 0 Å². The van der Waals surface area contributed by atoms with E-state index in [4.69, 9.17) is 0 Å². The Balaban J connectivity index is 1.35. The second-order valence-electron chi connectivity index (χ2n) is 8.82. The van der Waals surface area contributed by atoms with Gasteiger partial charge in [0.1, 0.15) is 0 Å². The average Bonchev–Trinajstić information content (AvgIpc) is 3.55. The van der Waals surface area contributed by atoms with Crippen molar-refractivity contribution in [2.24, 2.45) is 5.92 Å². The second-order valence-corrected chi connectivity index (χ2v) is 8.82. The summed E-state index contributed by atoms with van der Waals surface area (Å²) in [5.74, 6) is 0.930. The Hall–Kier alpha value is -2.14. The van der Waals surface area contributed by atoms with Crippen molar-refractivity contribution in [3.63, 3.8) is 0 Å². The van der Waals surface area contributed by atoms with Crippen molar-refractivity contribution >= 4 is 11.6 Å². The highest BCUT2D eigenvalue weighted by Gasteiger charge is 2.31. The monoisotopic (exact) mass is 394 g/mol. The molecule has 1 N–H and O–H groups in total. The van der Waals surface area contributed by atoms with Gasteiger partial charge in [-0.2, -0.15) is 5.10 Å². The van der Waals surface area contributed by atoms with E-state index in [-0.39, 0.29) is 5.91 Å². The van der Waals surface area contributed by atoms with Crippen LogP contribution in [-0.2, 0) is 4.79 Å². The molecule has 0 unspecified atom stereocenters. The van der Waals surface area contributed by atoms with Crippen LogP contribution in [0.5, 0.6) is 0 Å². The van der Waals surface area contributed by atoms with Crippen LogP contribution < -0.4 is 5.32 Å². The number of amides is 1. The van der Waals surface area contributed by atoms with Crippen LogP contribution in [0.4, 0.5) is 5.69 Å². The Bertz CT molecular complexity index is 819. The van der Waals surface area contributed by atoms with Crippen LogP contribution in [-0.4, -0.2) is 39.7 Å². The number of aryl methyl sites for hydroxylation is 1. The molecule has 0 bridgehead atoms. The lowest BCUT2D eigenvalue weighted by molar-refractivity contribution is -0.116. The Morgan fingerprint density at radius 1 is 1.10 bits per heavy atom. The van der Waals surface area contributed by atoms with Gasteiger partial charge >= 0.3 is 0 Å². The summed E-state index contributed by atoms with van der Waals surface area (Å²) >= 11 is 0. The van der Waals surface area contributed by atoms with Crippen molar-refractivity contribution in [1.29, 1.82) is 0 Å². The molecule has 5 heteroatoms. The fourth-order valence-electron chi connectivity index (χ4n) is 4.66. The number of aromatic nitrogens is 2. The lowest BCUT2D eigenvalue weighted by Crippen LogP contribution is -2.35. The first kappa shape index (κ1) is 20.1. The highest BCUT2D eigenvalue weighted by molar-refractivity contribution is 5.92. The lowest BCUT2D eigenvalue weighted by atomic mass is 9.89. The van der Waals surface area contributed by atoms with Gasteiger partial charge in [-0.15, -0.1) is 0 Å². The van der Waals surface area contributed by atoms with Crippen LogP contribution in [0.1, 0.15) is 62.8 Å². The maximum Gasteiger partial charge on any atom is 0.225 e. The Morgan fingerprint density at radius 3 is 2.52 bits per heavy atom. The predicted molar refractivity (Wildman–Crippen MR) is 117 cm³/mol. The summed E-state index contributed by atoms with van der Waals surface area (Å²) in [7, 11) is 0. The molecule has 1 amide bonds. The van der Waals surface area contributed by atoms with E-state index in [1.54, 1.807) is 0 Å². The fraction of sp³-hybridized carbons (Fsp3) is 0.583. The number of hydrogen-bond acceptors (Lipinski definition) is 3. The van der Waals surface area contributed by atoms with Crippen molar-refractivity contribution in [2.75, 3.05) is 18.4 Å². The van der Waals surface area contributed by atoms with Crippen LogP contribution in [0.2, 0.25) is 0 Å². The topological polar surface area (TPSA) is 50.2 Å². The maximum absolute atomic E-state index is 12.7.